The molecule has 7 nitrogen and oxygen atoms in total. The van der Waals surface area contributed by atoms with Crippen LogP contribution in [0.15, 0.2) is 30.1 Å². The fraction of sp³-hybridized carbons (Fsp3) is 0.611. The van der Waals surface area contributed by atoms with Gasteiger partial charge in [-0.05, 0) is 38.2 Å². The van der Waals surface area contributed by atoms with E-state index >= 15 is 0 Å². The standard InChI is InChI=1S/C18H23N3O4S/c22-16(14-5-2-1-3-6-14)21-12-18(13-21)15(7-10-26(18,23)24)11-25-17-19-8-4-9-20-17/h4-5,8-9,15H,1-3,6-7,10-13H2. The van der Waals surface area contributed by atoms with Gasteiger partial charge >= 0.3 is 6.01 Å². The van der Waals surface area contributed by atoms with Gasteiger partial charge in [-0.3, -0.25) is 4.79 Å². The van der Waals surface area contributed by atoms with Crippen LogP contribution in [0.25, 0.3) is 0 Å². The highest BCUT2D eigenvalue weighted by atomic mass is 32.2. The minimum Gasteiger partial charge on any atom is -0.463 e. The lowest BCUT2D eigenvalue weighted by molar-refractivity contribution is -0.133. The van der Waals surface area contributed by atoms with Crippen molar-refractivity contribution in [3.63, 3.8) is 0 Å². The molecular formula is C18H23N3O4S. The van der Waals surface area contributed by atoms with Crippen molar-refractivity contribution in [1.29, 1.82) is 0 Å². The first-order chi connectivity index (χ1) is 12.5. The molecule has 0 N–H and O–H groups in total. The van der Waals surface area contributed by atoms with E-state index in [4.69, 9.17) is 4.74 Å². The first-order valence-electron chi connectivity index (χ1n) is 9.12. The summed E-state index contributed by atoms with van der Waals surface area (Å²) in [6.07, 6.45) is 9.63. The molecule has 1 aromatic heterocycles. The summed E-state index contributed by atoms with van der Waals surface area (Å²) >= 11 is 0. The van der Waals surface area contributed by atoms with Gasteiger partial charge in [-0.1, -0.05) is 6.08 Å². The zero-order valence-corrected chi connectivity index (χ0v) is 15.5. The summed E-state index contributed by atoms with van der Waals surface area (Å²) in [7, 11) is -3.23. The lowest BCUT2D eigenvalue weighted by Gasteiger charge is -2.50. The topological polar surface area (TPSA) is 89.5 Å². The smallest absolute Gasteiger partial charge is 0.316 e. The first kappa shape index (κ1) is 17.5. The lowest BCUT2D eigenvalue weighted by atomic mass is 9.83. The molecule has 0 radical (unpaired) electrons. The summed E-state index contributed by atoms with van der Waals surface area (Å²) < 4.78 is 30.1. The Bertz CT molecular complexity index is 816. The fourth-order valence-corrected chi connectivity index (χ4v) is 6.62. The third kappa shape index (κ3) is 2.90. The summed E-state index contributed by atoms with van der Waals surface area (Å²) in [5, 5.41) is 0. The number of aromatic nitrogens is 2. The summed E-state index contributed by atoms with van der Waals surface area (Å²) in [6, 6.07) is 1.95. The number of carbonyl (C=O) groups excluding carboxylic acids is 1. The van der Waals surface area contributed by atoms with Gasteiger partial charge in [0.25, 0.3) is 0 Å². The molecule has 2 fully saturated rings. The number of hydrogen-bond donors (Lipinski definition) is 0. The average molecular weight is 377 g/mol. The molecule has 3 heterocycles. The average Bonchev–Trinajstić information content (AvgIpc) is 2.90. The number of ether oxygens (including phenoxy) is 1. The van der Waals surface area contributed by atoms with Gasteiger partial charge in [0.1, 0.15) is 4.75 Å². The molecule has 0 aromatic carbocycles. The summed E-state index contributed by atoms with van der Waals surface area (Å²) in [5.41, 5.74) is 0.840. The second-order valence-electron chi connectivity index (χ2n) is 7.35. The molecule has 26 heavy (non-hydrogen) atoms. The minimum absolute atomic E-state index is 0.00323. The Morgan fingerprint density at radius 2 is 2.04 bits per heavy atom. The van der Waals surface area contributed by atoms with Gasteiger partial charge in [0.05, 0.1) is 12.4 Å². The molecule has 140 valence electrons. The van der Waals surface area contributed by atoms with Gasteiger partial charge in [-0.2, -0.15) is 0 Å². The van der Waals surface area contributed by atoms with E-state index in [9.17, 15) is 13.2 Å². The van der Waals surface area contributed by atoms with Crippen molar-refractivity contribution in [2.75, 3.05) is 25.4 Å². The third-order valence-corrected chi connectivity index (χ3v) is 8.43. The molecule has 0 bridgehead atoms. The maximum Gasteiger partial charge on any atom is 0.316 e. The fourth-order valence-electron chi connectivity index (χ4n) is 4.22. The van der Waals surface area contributed by atoms with E-state index in [-0.39, 0.29) is 43.3 Å². The first-order valence-corrected chi connectivity index (χ1v) is 10.8. The van der Waals surface area contributed by atoms with Gasteiger partial charge in [0.2, 0.25) is 5.91 Å². The van der Waals surface area contributed by atoms with Crippen molar-refractivity contribution >= 4 is 15.7 Å². The molecule has 1 unspecified atom stereocenters. The molecule has 1 spiro atoms. The van der Waals surface area contributed by atoms with Crippen molar-refractivity contribution in [2.24, 2.45) is 5.92 Å². The van der Waals surface area contributed by atoms with E-state index in [1.165, 1.54) is 0 Å². The molecule has 0 saturated carbocycles. The molecule has 1 aliphatic carbocycles. The maximum absolute atomic E-state index is 12.7. The molecule has 2 saturated heterocycles. The molecule has 1 amide bonds. The minimum atomic E-state index is -3.23. The second-order valence-corrected chi connectivity index (χ2v) is 9.80. The van der Waals surface area contributed by atoms with Crippen LogP contribution in [-0.2, 0) is 14.6 Å². The Morgan fingerprint density at radius 3 is 2.73 bits per heavy atom. The Hall–Kier alpha value is -1.96. The van der Waals surface area contributed by atoms with Crippen molar-refractivity contribution in [1.82, 2.24) is 14.9 Å². The number of sulfone groups is 1. The quantitative estimate of drug-likeness (QED) is 0.787. The normalized spacial score (nSPS) is 26.2. The predicted octanol–water partition coefficient (Wildman–Crippen LogP) is 1.37. The molecular weight excluding hydrogens is 354 g/mol. The molecule has 3 aliphatic rings. The van der Waals surface area contributed by atoms with Crippen molar-refractivity contribution in [3.8, 4) is 6.01 Å². The monoisotopic (exact) mass is 377 g/mol. The SMILES string of the molecule is O=C(C1=CCCCC1)N1CC2(C1)C(COc1ncccn1)CCS2(=O)=O. The number of amides is 1. The highest BCUT2D eigenvalue weighted by Crippen LogP contribution is 2.45. The van der Waals surface area contributed by atoms with Gasteiger partial charge < -0.3 is 9.64 Å². The van der Waals surface area contributed by atoms with Crippen LogP contribution in [0.3, 0.4) is 0 Å². The Morgan fingerprint density at radius 1 is 1.27 bits per heavy atom. The number of hydrogen-bond acceptors (Lipinski definition) is 6. The van der Waals surface area contributed by atoms with Gasteiger partial charge in [0.15, 0.2) is 9.84 Å². The van der Waals surface area contributed by atoms with E-state index in [1.807, 2.05) is 6.08 Å². The highest BCUT2D eigenvalue weighted by Gasteiger charge is 2.62. The van der Waals surface area contributed by atoms with Crippen molar-refractivity contribution in [3.05, 3.63) is 30.1 Å². The number of allylic oxidation sites excluding steroid dienone is 1. The Balaban J connectivity index is 1.45. The van der Waals surface area contributed by atoms with Crippen LogP contribution >= 0.6 is 0 Å². The van der Waals surface area contributed by atoms with E-state index < -0.39 is 14.6 Å². The highest BCUT2D eigenvalue weighted by molar-refractivity contribution is 7.93. The van der Waals surface area contributed by atoms with Gasteiger partial charge in [0, 0.05) is 37.0 Å². The number of nitrogens with zero attached hydrogens (tertiary/aromatic N) is 3. The molecule has 1 aromatic rings. The largest absolute Gasteiger partial charge is 0.463 e. The van der Waals surface area contributed by atoms with E-state index in [1.54, 1.807) is 23.4 Å². The second kappa shape index (κ2) is 6.64. The number of likely N-dealkylation sites (tertiary alicyclic amines) is 1. The third-order valence-electron chi connectivity index (χ3n) is 5.82. The van der Waals surface area contributed by atoms with Gasteiger partial charge in [-0.15, -0.1) is 0 Å². The zero-order chi connectivity index (χ0) is 18.2. The zero-order valence-electron chi connectivity index (χ0n) is 14.6. The van der Waals surface area contributed by atoms with Crippen LogP contribution in [0.4, 0.5) is 0 Å². The molecule has 1 atom stereocenters. The van der Waals surface area contributed by atoms with Crippen molar-refractivity contribution in [2.45, 2.75) is 36.9 Å². The van der Waals surface area contributed by atoms with Gasteiger partial charge in [-0.25, -0.2) is 18.4 Å². The molecule has 4 rings (SSSR count). The summed E-state index contributed by atoms with van der Waals surface area (Å²) in [5.74, 6) is 0.0191. The molecule has 2 aliphatic heterocycles. The van der Waals surface area contributed by atoms with Crippen molar-refractivity contribution < 1.29 is 17.9 Å². The van der Waals surface area contributed by atoms with E-state index in [2.05, 4.69) is 9.97 Å². The van der Waals surface area contributed by atoms with E-state index in [0.29, 0.717) is 6.42 Å². The Labute approximate surface area is 153 Å². The van der Waals surface area contributed by atoms with Crippen LogP contribution in [0, 0.1) is 5.92 Å². The number of rotatable bonds is 4. The lowest BCUT2D eigenvalue weighted by Crippen LogP contribution is -2.69. The van der Waals surface area contributed by atoms with E-state index in [0.717, 1.165) is 31.3 Å². The van der Waals surface area contributed by atoms with Crippen LogP contribution in [0.2, 0.25) is 0 Å². The Kier molecular flexibility index (Phi) is 4.46. The summed E-state index contributed by atoms with van der Waals surface area (Å²) in [6.45, 7) is 0.804. The maximum atomic E-state index is 12.7. The van der Waals surface area contributed by atoms with Crippen LogP contribution < -0.4 is 4.74 Å². The van der Waals surface area contributed by atoms with Crippen LogP contribution in [-0.4, -0.2) is 59.4 Å². The van der Waals surface area contributed by atoms with Crippen LogP contribution in [0.1, 0.15) is 32.1 Å². The predicted molar refractivity (Wildman–Crippen MR) is 95.3 cm³/mol. The summed E-state index contributed by atoms with van der Waals surface area (Å²) in [4.78, 5) is 22.4. The van der Waals surface area contributed by atoms with Crippen LogP contribution in [0.5, 0.6) is 6.01 Å². The molecule has 8 heteroatoms. The number of carbonyl (C=O) groups is 1.